The van der Waals surface area contributed by atoms with E-state index in [4.69, 9.17) is 14.2 Å². The third-order valence-corrected chi connectivity index (χ3v) is 7.15. The van der Waals surface area contributed by atoms with E-state index in [1.807, 2.05) is 0 Å². The van der Waals surface area contributed by atoms with E-state index in [0.29, 0.717) is 41.9 Å². The van der Waals surface area contributed by atoms with Crippen LogP contribution in [0.3, 0.4) is 0 Å². The molecule has 168 valence electrons. The molecule has 0 saturated carbocycles. The first-order valence-corrected chi connectivity index (χ1v) is 11.5. The number of methoxy groups -OCH3 is 2. The van der Waals surface area contributed by atoms with Crippen LogP contribution in [-0.4, -0.2) is 52.5 Å². The summed E-state index contributed by atoms with van der Waals surface area (Å²) in [5.74, 6) is 1.67. The van der Waals surface area contributed by atoms with Crippen LogP contribution < -0.4 is 19.5 Å². The second-order valence-corrected chi connectivity index (χ2v) is 9.40. The van der Waals surface area contributed by atoms with Gasteiger partial charge in [-0.3, -0.25) is 4.79 Å². The molecule has 1 fully saturated rings. The summed E-state index contributed by atoms with van der Waals surface area (Å²) in [5.41, 5.74) is 0.545. The van der Waals surface area contributed by atoms with Crippen LogP contribution in [0.1, 0.15) is 19.8 Å². The van der Waals surface area contributed by atoms with Crippen molar-refractivity contribution < 1.29 is 27.4 Å². The lowest BCUT2D eigenvalue weighted by Gasteiger charge is -2.29. The lowest BCUT2D eigenvalue weighted by atomic mass is 10.0. The predicted octanol–water partition coefficient (Wildman–Crippen LogP) is 3.14. The zero-order chi connectivity index (χ0) is 22.4. The van der Waals surface area contributed by atoms with Crippen LogP contribution in [0.5, 0.6) is 17.2 Å². The van der Waals surface area contributed by atoms with Crippen LogP contribution in [0.4, 0.5) is 5.69 Å². The molecule has 1 aliphatic heterocycles. The molecule has 1 aliphatic rings. The molecule has 1 N–H and O–H groups in total. The number of piperidine rings is 1. The first kappa shape index (κ1) is 22.9. The van der Waals surface area contributed by atoms with Gasteiger partial charge in [0.05, 0.1) is 19.1 Å². The van der Waals surface area contributed by atoms with Crippen molar-refractivity contribution in [2.75, 3.05) is 39.2 Å². The summed E-state index contributed by atoms with van der Waals surface area (Å²) < 4.78 is 43.0. The van der Waals surface area contributed by atoms with Crippen LogP contribution in [0.2, 0.25) is 0 Å². The molecule has 3 rings (SSSR count). The number of hydrogen-bond acceptors (Lipinski definition) is 6. The second kappa shape index (κ2) is 10.0. The Kier molecular flexibility index (Phi) is 7.40. The zero-order valence-electron chi connectivity index (χ0n) is 18.0. The summed E-state index contributed by atoms with van der Waals surface area (Å²) in [4.78, 5) is 12.4. The van der Waals surface area contributed by atoms with Gasteiger partial charge in [-0.1, -0.05) is 6.92 Å². The van der Waals surface area contributed by atoms with Gasteiger partial charge in [0.25, 0.3) is 5.91 Å². The Morgan fingerprint density at radius 2 is 1.68 bits per heavy atom. The number of nitrogens with one attached hydrogen (secondary N) is 1. The SMILES string of the molecule is COc1ccc(NC(=O)COc2ccc(S(=O)(=O)N3CCC(C)CC3)cc2)cc1OC. The minimum atomic E-state index is -3.51. The highest BCUT2D eigenvalue weighted by Crippen LogP contribution is 2.30. The molecule has 2 aromatic rings. The van der Waals surface area contributed by atoms with Gasteiger partial charge in [-0.25, -0.2) is 8.42 Å². The molecule has 31 heavy (non-hydrogen) atoms. The first-order chi connectivity index (χ1) is 14.8. The van der Waals surface area contributed by atoms with Gasteiger partial charge in [0.1, 0.15) is 5.75 Å². The predicted molar refractivity (Wildman–Crippen MR) is 117 cm³/mol. The smallest absolute Gasteiger partial charge is 0.262 e. The van der Waals surface area contributed by atoms with Crippen molar-refractivity contribution in [3.8, 4) is 17.2 Å². The van der Waals surface area contributed by atoms with Gasteiger partial charge in [0.2, 0.25) is 10.0 Å². The second-order valence-electron chi connectivity index (χ2n) is 7.46. The Hall–Kier alpha value is -2.78. The molecule has 0 radical (unpaired) electrons. The summed E-state index contributed by atoms with van der Waals surface area (Å²) in [6, 6.07) is 11.2. The molecule has 0 spiro atoms. The van der Waals surface area contributed by atoms with Gasteiger partial charge in [-0.05, 0) is 55.2 Å². The Morgan fingerprint density at radius 1 is 1.03 bits per heavy atom. The van der Waals surface area contributed by atoms with Crippen molar-refractivity contribution in [1.82, 2.24) is 4.31 Å². The number of rotatable bonds is 8. The quantitative estimate of drug-likeness (QED) is 0.667. The molecular formula is C22H28N2O6S. The summed E-state index contributed by atoms with van der Waals surface area (Å²) >= 11 is 0. The van der Waals surface area contributed by atoms with Crippen LogP contribution in [0, 0.1) is 5.92 Å². The Morgan fingerprint density at radius 3 is 2.29 bits per heavy atom. The van der Waals surface area contributed by atoms with Crippen molar-refractivity contribution in [2.24, 2.45) is 5.92 Å². The molecule has 1 saturated heterocycles. The number of sulfonamides is 1. The van der Waals surface area contributed by atoms with Gasteiger partial charge in [-0.15, -0.1) is 0 Å². The van der Waals surface area contributed by atoms with Crippen LogP contribution in [-0.2, 0) is 14.8 Å². The molecule has 0 aromatic heterocycles. The van der Waals surface area contributed by atoms with Crippen molar-refractivity contribution in [2.45, 2.75) is 24.7 Å². The third-order valence-electron chi connectivity index (χ3n) is 5.24. The first-order valence-electron chi connectivity index (χ1n) is 10.1. The summed E-state index contributed by atoms with van der Waals surface area (Å²) in [6.07, 6.45) is 1.74. The molecule has 2 aromatic carbocycles. The van der Waals surface area contributed by atoms with Crippen LogP contribution >= 0.6 is 0 Å². The highest BCUT2D eigenvalue weighted by molar-refractivity contribution is 7.89. The highest BCUT2D eigenvalue weighted by atomic mass is 32.2. The number of carbonyl (C=O) groups is 1. The molecule has 1 heterocycles. The number of benzene rings is 2. The normalized spacial score (nSPS) is 15.3. The van der Waals surface area contributed by atoms with E-state index in [9.17, 15) is 13.2 Å². The number of nitrogens with zero attached hydrogens (tertiary/aromatic N) is 1. The van der Waals surface area contributed by atoms with Gasteiger partial charge in [-0.2, -0.15) is 4.31 Å². The largest absolute Gasteiger partial charge is 0.493 e. The number of carbonyl (C=O) groups excluding carboxylic acids is 1. The summed E-state index contributed by atoms with van der Waals surface area (Å²) in [5, 5.41) is 2.72. The van der Waals surface area contributed by atoms with Crippen LogP contribution in [0.25, 0.3) is 0 Å². The highest BCUT2D eigenvalue weighted by Gasteiger charge is 2.27. The molecule has 0 aliphatic carbocycles. The monoisotopic (exact) mass is 448 g/mol. The van der Waals surface area contributed by atoms with Crippen molar-refractivity contribution >= 4 is 21.6 Å². The Balaban J connectivity index is 1.56. The van der Waals surface area contributed by atoms with E-state index in [0.717, 1.165) is 12.8 Å². The average molecular weight is 449 g/mol. The molecule has 0 atom stereocenters. The summed E-state index contributed by atoms with van der Waals surface area (Å²) in [7, 11) is -0.459. The van der Waals surface area contributed by atoms with E-state index >= 15 is 0 Å². The van der Waals surface area contributed by atoms with E-state index < -0.39 is 10.0 Å². The average Bonchev–Trinajstić information content (AvgIpc) is 2.78. The van der Waals surface area contributed by atoms with Crippen molar-refractivity contribution in [1.29, 1.82) is 0 Å². The molecule has 0 bridgehead atoms. The number of ether oxygens (including phenoxy) is 3. The maximum atomic E-state index is 12.8. The number of amides is 1. The maximum Gasteiger partial charge on any atom is 0.262 e. The maximum absolute atomic E-state index is 12.8. The van der Waals surface area contributed by atoms with Gasteiger partial charge in [0, 0.05) is 24.8 Å². The Labute approximate surface area is 183 Å². The van der Waals surface area contributed by atoms with Gasteiger partial charge >= 0.3 is 0 Å². The lowest BCUT2D eigenvalue weighted by Crippen LogP contribution is -2.37. The molecule has 0 unspecified atom stereocenters. The standard InChI is InChI=1S/C22H28N2O6S/c1-16-10-12-24(13-11-16)31(26,27)19-7-5-18(6-8-19)30-15-22(25)23-17-4-9-20(28-2)21(14-17)29-3/h4-9,14,16H,10-13,15H2,1-3H3,(H,23,25). The van der Waals surface area contributed by atoms with E-state index in [2.05, 4.69) is 12.2 Å². The third kappa shape index (κ3) is 5.68. The number of hydrogen-bond donors (Lipinski definition) is 1. The molecule has 9 heteroatoms. The fraction of sp³-hybridized carbons (Fsp3) is 0.409. The topological polar surface area (TPSA) is 94.2 Å². The lowest BCUT2D eigenvalue weighted by molar-refractivity contribution is -0.118. The zero-order valence-corrected chi connectivity index (χ0v) is 18.8. The van der Waals surface area contributed by atoms with Crippen molar-refractivity contribution in [3.63, 3.8) is 0 Å². The van der Waals surface area contributed by atoms with E-state index in [1.54, 1.807) is 30.3 Å². The fourth-order valence-electron chi connectivity index (χ4n) is 3.34. The van der Waals surface area contributed by atoms with E-state index in [1.165, 1.54) is 30.7 Å². The molecular weight excluding hydrogens is 420 g/mol. The van der Waals surface area contributed by atoms with Gasteiger partial charge < -0.3 is 19.5 Å². The molecule has 8 nitrogen and oxygen atoms in total. The fourth-order valence-corrected chi connectivity index (χ4v) is 4.81. The van der Waals surface area contributed by atoms with Gasteiger partial charge in [0.15, 0.2) is 18.1 Å². The minimum absolute atomic E-state index is 0.218. The summed E-state index contributed by atoms with van der Waals surface area (Å²) in [6.45, 7) is 3.00. The molecule has 1 amide bonds. The van der Waals surface area contributed by atoms with E-state index in [-0.39, 0.29) is 17.4 Å². The van der Waals surface area contributed by atoms with Crippen LogP contribution in [0.15, 0.2) is 47.4 Å². The van der Waals surface area contributed by atoms with Crippen molar-refractivity contribution in [3.05, 3.63) is 42.5 Å². The Bertz CT molecular complexity index is 999. The number of anilines is 1. The minimum Gasteiger partial charge on any atom is -0.493 e.